The van der Waals surface area contributed by atoms with Gasteiger partial charge in [0.05, 0.1) is 12.7 Å². The van der Waals surface area contributed by atoms with Crippen molar-refractivity contribution in [3.05, 3.63) is 83.9 Å². The quantitative estimate of drug-likeness (QED) is 0.492. The van der Waals surface area contributed by atoms with E-state index in [1.165, 1.54) is 12.1 Å². The molecule has 4 aromatic rings. The molecule has 0 atom stereocenters. The Bertz CT molecular complexity index is 1050. The summed E-state index contributed by atoms with van der Waals surface area (Å²) < 4.78 is 23.8. The fourth-order valence-corrected chi connectivity index (χ4v) is 2.96. The van der Waals surface area contributed by atoms with Gasteiger partial charge in [0.1, 0.15) is 18.0 Å². The van der Waals surface area contributed by atoms with Gasteiger partial charge in [0.25, 0.3) is 0 Å². The minimum Gasteiger partial charge on any atom is -0.464 e. The molecule has 124 valence electrons. The molecule has 4 rings (SSSR count). The maximum absolute atomic E-state index is 12.9. The fraction of sp³-hybridized carbons (Fsp3) is 0.0952. The highest BCUT2D eigenvalue weighted by molar-refractivity contribution is 6.08. The predicted octanol–water partition coefficient (Wildman–Crippen LogP) is 5.01. The first-order chi connectivity index (χ1) is 12.2. The average Bonchev–Trinajstić information content (AvgIpc) is 3.04. The lowest BCUT2D eigenvalue weighted by atomic mass is 10.0. The summed E-state index contributed by atoms with van der Waals surface area (Å²) in [6, 6.07) is 17.8. The van der Waals surface area contributed by atoms with Crippen LogP contribution in [0, 0.1) is 5.82 Å². The van der Waals surface area contributed by atoms with Crippen molar-refractivity contribution in [3.63, 3.8) is 0 Å². The van der Waals surface area contributed by atoms with E-state index in [-0.39, 0.29) is 24.8 Å². The standard InChI is InChI=1S/C21H15FO3/c22-17-8-5-14(6-9-17)12-25-20(23)11-16-13-24-19-10-7-15-3-1-2-4-18(15)21(16)19/h1-10,13H,11-12H2. The number of hydrogen-bond donors (Lipinski definition) is 0. The van der Waals surface area contributed by atoms with Crippen molar-refractivity contribution in [2.75, 3.05) is 0 Å². The molecular weight excluding hydrogens is 319 g/mol. The molecule has 0 unspecified atom stereocenters. The third-order valence-electron chi connectivity index (χ3n) is 4.19. The Hall–Kier alpha value is -3.14. The number of esters is 1. The van der Waals surface area contributed by atoms with Gasteiger partial charge in [-0.1, -0.05) is 42.5 Å². The van der Waals surface area contributed by atoms with Crippen LogP contribution in [0.15, 0.2) is 71.3 Å². The Kier molecular flexibility index (Phi) is 3.94. The Balaban J connectivity index is 1.55. The van der Waals surface area contributed by atoms with Gasteiger partial charge in [-0.15, -0.1) is 0 Å². The topological polar surface area (TPSA) is 39.4 Å². The van der Waals surface area contributed by atoms with Crippen molar-refractivity contribution in [2.24, 2.45) is 0 Å². The van der Waals surface area contributed by atoms with Crippen LogP contribution in [0.25, 0.3) is 21.7 Å². The second kappa shape index (κ2) is 6.40. The Morgan fingerprint density at radius 2 is 1.80 bits per heavy atom. The molecule has 0 saturated carbocycles. The maximum atomic E-state index is 12.9. The van der Waals surface area contributed by atoms with Crippen LogP contribution in [0.2, 0.25) is 0 Å². The summed E-state index contributed by atoms with van der Waals surface area (Å²) in [7, 11) is 0. The van der Waals surface area contributed by atoms with Gasteiger partial charge in [0.15, 0.2) is 0 Å². The summed E-state index contributed by atoms with van der Waals surface area (Å²) in [4.78, 5) is 12.2. The molecule has 0 aliphatic rings. The van der Waals surface area contributed by atoms with Crippen LogP contribution in [-0.2, 0) is 22.6 Å². The number of furan rings is 1. The maximum Gasteiger partial charge on any atom is 0.310 e. The summed E-state index contributed by atoms with van der Waals surface area (Å²) in [5.74, 6) is -0.660. The minimum absolute atomic E-state index is 0.121. The third kappa shape index (κ3) is 3.11. The smallest absolute Gasteiger partial charge is 0.310 e. The highest BCUT2D eigenvalue weighted by Gasteiger charge is 2.14. The van der Waals surface area contributed by atoms with E-state index in [0.717, 1.165) is 32.9 Å². The van der Waals surface area contributed by atoms with Crippen LogP contribution in [0.5, 0.6) is 0 Å². The third-order valence-corrected chi connectivity index (χ3v) is 4.19. The van der Waals surface area contributed by atoms with Crippen LogP contribution in [0.3, 0.4) is 0 Å². The summed E-state index contributed by atoms with van der Waals surface area (Å²) >= 11 is 0. The van der Waals surface area contributed by atoms with Crippen LogP contribution in [0.4, 0.5) is 4.39 Å². The molecular formula is C21H15FO3. The van der Waals surface area contributed by atoms with Crippen LogP contribution >= 0.6 is 0 Å². The number of carbonyl (C=O) groups excluding carboxylic acids is 1. The number of ether oxygens (including phenoxy) is 1. The number of benzene rings is 3. The van der Waals surface area contributed by atoms with Crippen molar-refractivity contribution in [1.82, 2.24) is 0 Å². The van der Waals surface area contributed by atoms with Gasteiger partial charge in [-0.2, -0.15) is 0 Å². The Labute approximate surface area is 143 Å². The van der Waals surface area contributed by atoms with Crippen LogP contribution < -0.4 is 0 Å². The Morgan fingerprint density at radius 1 is 1.00 bits per heavy atom. The summed E-state index contributed by atoms with van der Waals surface area (Å²) in [5.41, 5.74) is 2.30. The second-order valence-electron chi connectivity index (χ2n) is 5.88. The number of fused-ring (bicyclic) bond motifs is 3. The van der Waals surface area contributed by atoms with E-state index in [1.807, 2.05) is 36.4 Å². The van der Waals surface area contributed by atoms with E-state index in [2.05, 4.69) is 0 Å². The molecule has 1 heterocycles. The zero-order valence-electron chi connectivity index (χ0n) is 13.4. The fourth-order valence-electron chi connectivity index (χ4n) is 2.96. The zero-order valence-corrected chi connectivity index (χ0v) is 13.4. The second-order valence-corrected chi connectivity index (χ2v) is 5.88. The molecule has 0 radical (unpaired) electrons. The lowest BCUT2D eigenvalue weighted by Crippen LogP contribution is -2.07. The van der Waals surface area contributed by atoms with E-state index in [1.54, 1.807) is 18.4 Å². The normalized spacial score (nSPS) is 11.1. The molecule has 3 nitrogen and oxygen atoms in total. The van der Waals surface area contributed by atoms with E-state index in [4.69, 9.17) is 9.15 Å². The lowest BCUT2D eigenvalue weighted by molar-refractivity contribution is -0.144. The summed E-state index contributed by atoms with van der Waals surface area (Å²) in [6.45, 7) is 0.121. The van der Waals surface area contributed by atoms with Gasteiger partial charge in [-0.25, -0.2) is 4.39 Å². The van der Waals surface area contributed by atoms with Gasteiger partial charge in [-0.05, 0) is 34.5 Å². The first kappa shape index (κ1) is 15.4. The van der Waals surface area contributed by atoms with Gasteiger partial charge in [-0.3, -0.25) is 4.79 Å². The first-order valence-electron chi connectivity index (χ1n) is 7.98. The molecule has 0 amide bonds. The molecule has 0 fully saturated rings. The van der Waals surface area contributed by atoms with E-state index >= 15 is 0 Å². The summed E-state index contributed by atoms with van der Waals surface area (Å²) in [6.07, 6.45) is 1.73. The molecule has 0 spiro atoms. The van der Waals surface area contributed by atoms with Crippen molar-refractivity contribution in [2.45, 2.75) is 13.0 Å². The van der Waals surface area contributed by atoms with Crippen LogP contribution in [-0.4, -0.2) is 5.97 Å². The van der Waals surface area contributed by atoms with Gasteiger partial charge >= 0.3 is 5.97 Å². The molecule has 0 aliphatic carbocycles. The van der Waals surface area contributed by atoms with E-state index in [0.29, 0.717) is 0 Å². The summed E-state index contributed by atoms with van der Waals surface area (Å²) in [5, 5.41) is 3.09. The predicted molar refractivity (Wildman–Crippen MR) is 93.6 cm³/mol. The van der Waals surface area contributed by atoms with Gasteiger partial charge < -0.3 is 9.15 Å². The molecule has 1 aromatic heterocycles. The molecule has 25 heavy (non-hydrogen) atoms. The van der Waals surface area contributed by atoms with Gasteiger partial charge in [0, 0.05) is 10.9 Å². The lowest BCUT2D eigenvalue weighted by Gasteiger charge is -2.05. The van der Waals surface area contributed by atoms with Crippen molar-refractivity contribution in [1.29, 1.82) is 0 Å². The van der Waals surface area contributed by atoms with Gasteiger partial charge in [0.2, 0.25) is 0 Å². The molecule has 0 saturated heterocycles. The zero-order chi connectivity index (χ0) is 17.2. The number of rotatable bonds is 4. The molecule has 0 N–H and O–H groups in total. The van der Waals surface area contributed by atoms with Crippen LogP contribution in [0.1, 0.15) is 11.1 Å². The van der Waals surface area contributed by atoms with Crippen molar-refractivity contribution in [3.8, 4) is 0 Å². The average molecular weight is 334 g/mol. The SMILES string of the molecule is O=C(Cc1coc2ccc3ccccc3c12)OCc1ccc(F)cc1. The number of halogens is 1. The molecule has 0 bridgehead atoms. The monoisotopic (exact) mass is 334 g/mol. The number of hydrogen-bond acceptors (Lipinski definition) is 3. The first-order valence-corrected chi connectivity index (χ1v) is 7.98. The molecule has 3 aromatic carbocycles. The highest BCUT2D eigenvalue weighted by Crippen LogP contribution is 2.30. The molecule has 4 heteroatoms. The number of carbonyl (C=O) groups is 1. The van der Waals surface area contributed by atoms with Crippen molar-refractivity contribution < 1.29 is 18.3 Å². The van der Waals surface area contributed by atoms with Crippen molar-refractivity contribution >= 4 is 27.7 Å². The highest BCUT2D eigenvalue weighted by atomic mass is 19.1. The Morgan fingerprint density at radius 3 is 2.64 bits per heavy atom. The minimum atomic E-state index is -0.347. The van der Waals surface area contributed by atoms with E-state index < -0.39 is 0 Å². The van der Waals surface area contributed by atoms with E-state index in [9.17, 15) is 9.18 Å². The molecule has 0 aliphatic heterocycles. The largest absolute Gasteiger partial charge is 0.464 e.